The largest absolute Gasteiger partial charge is 0.465 e. The highest BCUT2D eigenvalue weighted by atomic mass is 35.5. The van der Waals surface area contributed by atoms with Gasteiger partial charge in [-0.15, -0.1) is 0 Å². The standard InChI is InChI=1S/C19H21ClN2O5S/c1-12-5-10-16(11-17(12)20)22(28(4,25)26)13(2)18(23)21-15-8-6-14(7-9-15)19(24)27-3/h5-11,13H,1-4H3,(H,21,23)/t13-/m0/s1. The van der Waals surface area contributed by atoms with Crippen LogP contribution in [-0.2, 0) is 19.6 Å². The number of esters is 1. The van der Waals surface area contributed by atoms with Crippen molar-refractivity contribution < 1.29 is 22.7 Å². The van der Waals surface area contributed by atoms with Crippen LogP contribution in [0.25, 0.3) is 0 Å². The fraction of sp³-hybridized carbons (Fsp3) is 0.263. The van der Waals surface area contributed by atoms with E-state index < -0.39 is 27.9 Å². The predicted molar refractivity (Wildman–Crippen MR) is 109 cm³/mol. The van der Waals surface area contributed by atoms with Crippen LogP contribution in [0.2, 0.25) is 5.02 Å². The molecular weight excluding hydrogens is 404 g/mol. The minimum atomic E-state index is -3.75. The van der Waals surface area contributed by atoms with E-state index in [0.29, 0.717) is 22.0 Å². The van der Waals surface area contributed by atoms with Gasteiger partial charge in [-0.3, -0.25) is 9.10 Å². The molecule has 0 radical (unpaired) electrons. The van der Waals surface area contributed by atoms with Crippen molar-refractivity contribution in [2.75, 3.05) is 23.0 Å². The van der Waals surface area contributed by atoms with Crippen molar-refractivity contribution in [3.8, 4) is 0 Å². The van der Waals surface area contributed by atoms with Gasteiger partial charge in [-0.05, 0) is 55.8 Å². The normalized spacial score (nSPS) is 12.2. The fourth-order valence-electron chi connectivity index (χ4n) is 2.58. The number of benzene rings is 2. The van der Waals surface area contributed by atoms with Gasteiger partial charge in [0.2, 0.25) is 15.9 Å². The summed E-state index contributed by atoms with van der Waals surface area (Å²) in [5.74, 6) is -1.03. The van der Waals surface area contributed by atoms with E-state index in [9.17, 15) is 18.0 Å². The van der Waals surface area contributed by atoms with Gasteiger partial charge in [-0.25, -0.2) is 13.2 Å². The lowest BCUT2D eigenvalue weighted by Gasteiger charge is -2.28. The number of carbonyl (C=O) groups is 2. The number of rotatable bonds is 6. The summed E-state index contributed by atoms with van der Waals surface area (Å²) < 4.78 is 30.3. The van der Waals surface area contributed by atoms with Gasteiger partial charge in [0.15, 0.2) is 0 Å². The number of hydrogen-bond acceptors (Lipinski definition) is 5. The number of anilines is 2. The van der Waals surface area contributed by atoms with Gasteiger partial charge in [0.05, 0.1) is 24.6 Å². The zero-order chi connectivity index (χ0) is 21.1. The first-order chi connectivity index (χ1) is 13.0. The summed E-state index contributed by atoms with van der Waals surface area (Å²) in [7, 11) is -2.48. The van der Waals surface area contributed by atoms with Gasteiger partial charge < -0.3 is 10.1 Å². The first-order valence-corrected chi connectivity index (χ1v) is 10.5. The quantitative estimate of drug-likeness (QED) is 0.718. The van der Waals surface area contributed by atoms with Crippen LogP contribution in [0, 0.1) is 6.92 Å². The molecule has 0 aromatic heterocycles. The zero-order valence-electron chi connectivity index (χ0n) is 15.9. The van der Waals surface area contributed by atoms with Crippen molar-refractivity contribution >= 4 is 44.9 Å². The zero-order valence-corrected chi connectivity index (χ0v) is 17.5. The van der Waals surface area contributed by atoms with Gasteiger partial charge >= 0.3 is 5.97 Å². The minimum Gasteiger partial charge on any atom is -0.465 e. The molecule has 0 aliphatic rings. The van der Waals surface area contributed by atoms with E-state index in [1.165, 1.54) is 44.4 Å². The molecule has 0 unspecified atom stereocenters. The molecule has 0 spiro atoms. The van der Waals surface area contributed by atoms with E-state index in [1.54, 1.807) is 19.1 Å². The van der Waals surface area contributed by atoms with Crippen molar-refractivity contribution in [1.29, 1.82) is 0 Å². The molecule has 2 aromatic carbocycles. The lowest BCUT2D eigenvalue weighted by molar-refractivity contribution is -0.116. The highest BCUT2D eigenvalue weighted by molar-refractivity contribution is 7.92. The van der Waals surface area contributed by atoms with Crippen molar-refractivity contribution in [3.63, 3.8) is 0 Å². The van der Waals surface area contributed by atoms with Crippen molar-refractivity contribution in [2.24, 2.45) is 0 Å². The molecule has 2 rings (SSSR count). The number of amides is 1. The highest BCUT2D eigenvalue weighted by Gasteiger charge is 2.29. The SMILES string of the molecule is COC(=O)c1ccc(NC(=O)[C@H](C)N(c2ccc(C)c(Cl)c2)S(C)(=O)=O)cc1. The Bertz CT molecular complexity index is 990. The van der Waals surface area contributed by atoms with E-state index >= 15 is 0 Å². The second-order valence-corrected chi connectivity index (χ2v) is 8.49. The Morgan fingerprint density at radius 1 is 1.14 bits per heavy atom. The second-order valence-electron chi connectivity index (χ2n) is 6.23. The second kappa shape index (κ2) is 8.62. The monoisotopic (exact) mass is 424 g/mol. The summed E-state index contributed by atoms with van der Waals surface area (Å²) in [6.07, 6.45) is 1.02. The third-order valence-electron chi connectivity index (χ3n) is 4.07. The number of carbonyl (C=O) groups excluding carboxylic acids is 2. The molecule has 7 nitrogen and oxygen atoms in total. The maximum absolute atomic E-state index is 12.7. The first-order valence-electron chi connectivity index (χ1n) is 8.29. The Balaban J connectivity index is 2.26. The Hall–Kier alpha value is -2.58. The number of nitrogens with one attached hydrogen (secondary N) is 1. The molecule has 0 fully saturated rings. The molecule has 9 heteroatoms. The van der Waals surface area contributed by atoms with Crippen LogP contribution in [0.3, 0.4) is 0 Å². The number of ether oxygens (including phenoxy) is 1. The molecule has 150 valence electrons. The molecule has 0 heterocycles. The summed E-state index contributed by atoms with van der Waals surface area (Å²) in [5.41, 5.74) is 1.84. The van der Waals surface area contributed by atoms with Gasteiger partial charge in [-0.1, -0.05) is 17.7 Å². The van der Waals surface area contributed by atoms with E-state index in [-0.39, 0.29) is 0 Å². The smallest absolute Gasteiger partial charge is 0.337 e. The topological polar surface area (TPSA) is 92.8 Å². The van der Waals surface area contributed by atoms with Crippen molar-refractivity contribution in [2.45, 2.75) is 19.9 Å². The molecule has 0 aliphatic carbocycles. The lowest BCUT2D eigenvalue weighted by Crippen LogP contribution is -2.45. The molecule has 0 saturated heterocycles. The van der Waals surface area contributed by atoms with Crippen LogP contribution in [0.1, 0.15) is 22.8 Å². The molecule has 1 atom stereocenters. The third kappa shape index (κ3) is 5.02. The van der Waals surface area contributed by atoms with Crippen LogP contribution >= 0.6 is 11.6 Å². The number of methoxy groups -OCH3 is 1. The summed E-state index contributed by atoms with van der Waals surface area (Å²) in [6.45, 7) is 3.28. The number of nitrogens with zero attached hydrogens (tertiary/aromatic N) is 1. The van der Waals surface area contributed by atoms with Crippen molar-refractivity contribution in [3.05, 3.63) is 58.6 Å². The molecule has 0 bridgehead atoms. The van der Waals surface area contributed by atoms with E-state index in [0.717, 1.165) is 16.1 Å². The van der Waals surface area contributed by atoms with Crippen LogP contribution in [0.4, 0.5) is 11.4 Å². The Labute approximate surface area is 169 Å². The maximum atomic E-state index is 12.7. The molecule has 0 saturated carbocycles. The third-order valence-corrected chi connectivity index (χ3v) is 5.72. The minimum absolute atomic E-state index is 0.293. The fourth-order valence-corrected chi connectivity index (χ4v) is 3.92. The molecule has 1 N–H and O–H groups in total. The van der Waals surface area contributed by atoms with Gasteiger partial charge in [0.25, 0.3) is 0 Å². The maximum Gasteiger partial charge on any atom is 0.337 e. The Kier molecular flexibility index (Phi) is 6.69. The average Bonchev–Trinajstić information content (AvgIpc) is 2.63. The van der Waals surface area contributed by atoms with Gasteiger partial charge in [0.1, 0.15) is 6.04 Å². The summed E-state index contributed by atoms with van der Waals surface area (Å²) in [6, 6.07) is 9.82. The number of aryl methyl sites for hydroxylation is 1. The highest BCUT2D eigenvalue weighted by Crippen LogP contribution is 2.27. The van der Waals surface area contributed by atoms with Crippen LogP contribution in [0.5, 0.6) is 0 Å². The van der Waals surface area contributed by atoms with E-state index in [2.05, 4.69) is 10.1 Å². The van der Waals surface area contributed by atoms with Crippen LogP contribution < -0.4 is 9.62 Å². The number of halogens is 1. The average molecular weight is 425 g/mol. The lowest BCUT2D eigenvalue weighted by atomic mass is 10.2. The summed E-state index contributed by atoms with van der Waals surface area (Å²) in [5, 5.41) is 3.04. The predicted octanol–water partition coefficient (Wildman–Crippen LogP) is 3.23. The molecule has 2 aromatic rings. The van der Waals surface area contributed by atoms with E-state index in [1.807, 2.05) is 0 Å². The Morgan fingerprint density at radius 2 is 1.75 bits per heavy atom. The molecule has 0 aliphatic heterocycles. The summed E-state index contributed by atoms with van der Waals surface area (Å²) >= 11 is 6.11. The van der Waals surface area contributed by atoms with Crippen LogP contribution in [-0.4, -0.2) is 39.7 Å². The molecule has 1 amide bonds. The Morgan fingerprint density at radius 3 is 2.25 bits per heavy atom. The number of hydrogen-bond donors (Lipinski definition) is 1. The van der Waals surface area contributed by atoms with Crippen LogP contribution in [0.15, 0.2) is 42.5 Å². The molecule has 28 heavy (non-hydrogen) atoms. The molecular formula is C19H21ClN2O5S. The number of sulfonamides is 1. The summed E-state index contributed by atoms with van der Waals surface area (Å²) in [4.78, 5) is 24.1. The first kappa shape index (κ1) is 21.7. The van der Waals surface area contributed by atoms with E-state index in [4.69, 9.17) is 11.6 Å². The van der Waals surface area contributed by atoms with Gasteiger partial charge in [-0.2, -0.15) is 0 Å². The van der Waals surface area contributed by atoms with Gasteiger partial charge in [0, 0.05) is 10.7 Å². The van der Waals surface area contributed by atoms with Crippen molar-refractivity contribution in [1.82, 2.24) is 0 Å².